The first kappa shape index (κ1) is 8.52. The molecule has 4 atom stereocenters. The summed E-state index contributed by atoms with van der Waals surface area (Å²) < 4.78 is 0. The van der Waals surface area contributed by atoms with Crippen molar-refractivity contribution in [3.05, 3.63) is 0 Å². The molecule has 12 heavy (non-hydrogen) atoms. The molecule has 0 aromatic heterocycles. The number of rotatable bonds is 3. The number of nitrogens with one attached hydrogen (secondary N) is 1. The second kappa shape index (κ2) is 3.35. The molecule has 2 saturated carbocycles. The Bertz CT molecular complexity index is 156. The highest BCUT2D eigenvalue weighted by Crippen LogP contribution is 2.47. The Morgan fingerprint density at radius 2 is 2.08 bits per heavy atom. The first-order valence-electron chi connectivity index (χ1n) is 5.29. The van der Waals surface area contributed by atoms with Crippen molar-refractivity contribution in [3.8, 4) is 0 Å². The van der Waals surface area contributed by atoms with Crippen LogP contribution in [0.15, 0.2) is 0 Å². The van der Waals surface area contributed by atoms with Crippen molar-refractivity contribution in [1.82, 2.24) is 5.32 Å². The second-order valence-electron chi connectivity index (χ2n) is 4.38. The van der Waals surface area contributed by atoms with Gasteiger partial charge in [0.15, 0.2) is 0 Å². The summed E-state index contributed by atoms with van der Waals surface area (Å²) in [6, 6.07) is 0.503. The molecule has 0 aromatic rings. The smallest absolute Gasteiger partial charge is 0.0110 e. The van der Waals surface area contributed by atoms with Gasteiger partial charge in [-0.25, -0.2) is 0 Å². The third kappa shape index (κ3) is 1.27. The molecule has 2 aliphatic carbocycles. The molecule has 2 rings (SSSR count). The van der Waals surface area contributed by atoms with Crippen molar-refractivity contribution in [2.24, 2.45) is 23.5 Å². The molecule has 2 fully saturated rings. The van der Waals surface area contributed by atoms with Gasteiger partial charge in [0, 0.05) is 6.04 Å². The highest BCUT2D eigenvalue weighted by Gasteiger charge is 2.44. The topological polar surface area (TPSA) is 38.0 Å². The SMILES string of the molecule is CCNCC1C2CCC(C2)C1N. The molecule has 4 unspecified atom stereocenters. The van der Waals surface area contributed by atoms with E-state index in [1.807, 2.05) is 0 Å². The summed E-state index contributed by atoms with van der Waals surface area (Å²) in [6.45, 7) is 4.40. The minimum atomic E-state index is 0.503. The summed E-state index contributed by atoms with van der Waals surface area (Å²) in [7, 11) is 0. The van der Waals surface area contributed by atoms with Gasteiger partial charge in [-0.15, -0.1) is 0 Å². The summed E-state index contributed by atoms with van der Waals surface area (Å²) >= 11 is 0. The average Bonchev–Trinajstić information content (AvgIpc) is 2.62. The molecule has 0 spiro atoms. The summed E-state index contributed by atoms with van der Waals surface area (Å²) in [5, 5.41) is 3.43. The van der Waals surface area contributed by atoms with Crippen LogP contribution in [0.25, 0.3) is 0 Å². The molecule has 2 heteroatoms. The van der Waals surface area contributed by atoms with Crippen LogP contribution in [0.4, 0.5) is 0 Å². The lowest BCUT2D eigenvalue weighted by Gasteiger charge is -2.28. The molecule has 2 nitrogen and oxygen atoms in total. The fraction of sp³-hybridized carbons (Fsp3) is 1.00. The maximum absolute atomic E-state index is 6.16. The van der Waals surface area contributed by atoms with Crippen LogP contribution in [0.5, 0.6) is 0 Å². The van der Waals surface area contributed by atoms with Gasteiger partial charge in [-0.1, -0.05) is 6.92 Å². The third-order valence-electron chi connectivity index (χ3n) is 3.79. The lowest BCUT2D eigenvalue weighted by molar-refractivity contribution is 0.280. The summed E-state index contributed by atoms with van der Waals surface area (Å²) in [5.41, 5.74) is 6.16. The van der Waals surface area contributed by atoms with Crippen LogP contribution in [0, 0.1) is 17.8 Å². The van der Waals surface area contributed by atoms with Crippen molar-refractivity contribution < 1.29 is 0 Å². The van der Waals surface area contributed by atoms with Crippen molar-refractivity contribution in [1.29, 1.82) is 0 Å². The molecule has 0 amide bonds. The van der Waals surface area contributed by atoms with Crippen LogP contribution < -0.4 is 11.1 Å². The standard InChI is InChI=1S/C10H20N2/c1-2-12-6-9-7-3-4-8(5-7)10(9)11/h7-10,12H,2-6,11H2,1H3. The largest absolute Gasteiger partial charge is 0.327 e. The van der Waals surface area contributed by atoms with Crippen LogP contribution >= 0.6 is 0 Å². The fourth-order valence-electron chi connectivity index (χ4n) is 3.07. The van der Waals surface area contributed by atoms with Crippen LogP contribution in [0.2, 0.25) is 0 Å². The molecule has 0 saturated heterocycles. The molecule has 0 aliphatic heterocycles. The minimum absolute atomic E-state index is 0.503. The Morgan fingerprint density at radius 3 is 2.67 bits per heavy atom. The van der Waals surface area contributed by atoms with E-state index in [9.17, 15) is 0 Å². The van der Waals surface area contributed by atoms with Crippen LogP contribution in [-0.2, 0) is 0 Å². The third-order valence-corrected chi connectivity index (χ3v) is 3.79. The lowest BCUT2D eigenvalue weighted by Crippen LogP contribution is -2.41. The van der Waals surface area contributed by atoms with Gasteiger partial charge in [-0.05, 0) is 50.1 Å². The number of hydrogen-bond donors (Lipinski definition) is 2. The predicted molar refractivity (Wildman–Crippen MR) is 50.8 cm³/mol. The lowest BCUT2D eigenvalue weighted by atomic mass is 9.85. The number of nitrogens with two attached hydrogens (primary N) is 1. The highest BCUT2D eigenvalue weighted by atomic mass is 14.9. The van der Waals surface area contributed by atoms with E-state index >= 15 is 0 Å². The van der Waals surface area contributed by atoms with Crippen LogP contribution in [-0.4, -0.2) is 19.1 Å². The van der Waals surface area contributed by atoms with Crippen molar-refractivity contribution in [3.63, 3.8) is 0 Å². The van der Waals surface area contributed by atoms with Gasteiger partial charge in [0.05, 0.1) is 0 Å². The Kier molecular flexibility index (Phi) is 2.37. The monoisotopic (exact) mass is 168 g/mol. The molecule has 70 valence electrons. The van der Waals surface area contributed by atoms with E-state index in [1.165, 1.54) is 19.3 Å². The summed E-state index contributed by atoms with van der Waals surface area (Å²) in [4.78, 5) is 0. The number of fused-ring (bicyclic) bond motifs is 2. The molecular formula is C10H20N2. The highest BCUT2D eigenvalue weighted by molar-refractivity contribution is 4.99. The quantitative estimate of drug-likeness (QED) is 0.659. The zero-order valence-corrected chi connectivity index (χ0v) is 7.92. The fourth-order valence-corrected chi connectivity index (χ4v) is 3.07. The van der Waals surface area contributed by atoms with Gasteiger partial charge in [-0.3, -0.25) is 0 Å². The predicted octanol–water partition coefficient (Wildman–Crippen LogP) is 0.969. The first-order valence-corrected chi connectivity index (χ1v) is 5.29. The second-order valence-corrected chi connectivity index (χ2v) is 4.38. The molecule has 0 heterocycles. The molecule has 0 aromatic carbocycles. The molecule has 3 N–H and O–H groups in total. The van der Waals surface area contributed by atoms with E-state index in [-0.39, 0.29) is 0 Å². The first-order chi connectivity index (χ1) is 5.83. The average molecular weight is 168 g/mol. The zero-order valence-electron chi connectivity index (χ0n) is 7.92. The van der Waals surface area contributed by atoms with E-state index in [0.29, 0.717) is 6.04 Å². The maximum Gasteiger partial charge on any atom is 0.0110 e. The zero-order chi connectivity index (χ0) is 8.55. The summed E-state index contributed by atoms with van der Waals surface area (Å²) in [5.74, 6) is 2.59. The van der Waals surface area contributed by atoms with Gasteiger partial charge in [0.2, 0.25) is 0 Å². The van der Waals surface area contributed by atoms with Gasteiger partial charge < -0.3 is 11.1 Å². The van der Waals surface area contributed by atoms with E-state index < -0.39 is 0 Å². The molecular weight excluding hydrogens is 148 g/mol. The van der Waals surface area contributed by atoms with Crippen LogP contribution in [0.1, 0.15) is 26.2 Å². The van der Waals surface area contributed by atoms with E-state index in [1.54, 1.807) is 0 Å². The van der Waals surface area contributed by atoms with Gasteiger partial charge in [-0.2, -0.15) is 0 Å². The Labute approximate surface area is 74.9 Å². The molecule has 2 aliphatic rings. The van der Waals surface area contributed by atoms with Gasteiger partial charge in [0.1, 0.15) is 0 Å². The molecule has 2 bridgehead atoms. The van der Waals surface area contributed by atoms with Crippen LogP contribution in [0.3, 0.4) is 0 Å². The summed E-state index contributed by atoms with van der Waals surface area (Å²) in [6.07, 6.45) is 4.25. The number of hydrogen-bond acceptors (Lipinski definition) is 2. The normalized spacial score (nSPS) is 45.5. The Hall–Kier alpha value is -0.0800. The van der Waals surface area contributed by atoms with Crippen molar-refractivity contribution in [2.45, 2.75) is 32.2 Å². The van der Waals surface area contributed by atoms with E-state index in [2.05, 4.69) is 12.2 Å². The van der Waals surface area contributed by atoms with Gasteiger partial charge >= 0.3 is 0 Å². The van der Waals surface area contributed by atoms with E-state index in [0.717, 1.165) is 30.8 Å². The van der Waals surface area contributed by atoms with E-state index in [4.69, 9.17) is 5.73 Å². The Morgan fingerprint density at radius 1 is 1.33 bits per heavy atom. The van der Waals surface area contributed by atoms with Gasteiger partial charge in [0.25, 0.3) is 0 Å². The van der Waals surface area contributed by atoms with Crippen molar-refractivity contribution in [2.75, 3.05) is 13.1 Å². The molecule has 0 radical (unpaired) electrons. The minimum Gasteiger partial charge on any atom is -0.327 e. The van der Waals surface area contributed by atoms with Crippen molar-refractivity contribution >= 4 is 0 Å². The Balaban J connectivity index is 1.89. The maximum atomic E-state index is 6.16.